The van der Waals surface area contributed by atoms with Crippen molar-refractivity contribution in [1.82, 2.24) is 10.1 Å². The van der Waals surface area contributed by atoms with Crippen molar-refractivity contribution in [2.45, 2.75) is 93.4 Å². The normalized spacial score (nSPS) is 11.5. The summed E-state index contributed by atoms with van der Waals surface area (Å²) >= 11 is 6.13. The van der Waals surface area contributed by atoms with E-state index in [9.17, 15) is 4.79 Å². The van der Waals surface area contributed by atoms with Gasteiger partial charge in [-0.3, -0.25) is 4.79 Å². The van der Waals surface area contributed by atoms with Crippen molar-refractivity contribution in [3.63, 3.8) is 0 Å². The van der Waals surface area contributed by atoms with E-state index < -0.39 is 0 Å². The molecule has 1 amide bonds. The van der Waals surface area contributed by atoms with Crippen LogP contribution in [0.3, 0.4) is 0 Å². The van der Waals surface area contributed by atoms with E-state index in [0.717, 1.165) is 48.9 Å². The molecule has 0 spiro atoms. The standard InChI is InChI=1S/C30H42ClN3O2.C5H10O2.C2H6/c1-8-10-23(4)14-15-24(11-9-12-27-32-28(36-33-27)20-13-22(2)3)29(35)34(21-30(5,6)7)26-18-16-25(31)17-19-26;1-5(7-3)4-6-2;1-2/h8,10,16-19,24H,2,4,9,11-15,20-21H2,1,3,5-7H3;1,4H2,2-3H3;1-2H3/b10-8-;;/t24-;;/m0../s1. The number of carbonyl (C=O) groups is 1. The fourth-order valence-corrected chi connectivity index (χ4v) is 4.35. The second-order valence-electron chi connectivity index (χ2n) is 12.0. The van der Waals surface area contributed by atoms with Crippen LogP contribution in [0.5, 0.6) is 0 Å². The third-order valence-electron chi connectivity index (χ3n) is 6.43. The van der Waals surface area contributed by atoms with Gasteiger partial charge in [0.25, 0.3) is 0 Å². The van der Waals surface area contributed by atoms with Crippen LogP contribution in [0.4, 0.5) is 5.69 Å². The zero-order valence-electron chi connectivity index (χ0n) is 29.4. The minimum atomic E-state index is -0.139. The van der Waals surface area contributed by atoms with Gasteiger partial charge in [-0.05, 0) is 75.6 Å². The highest BCUT2D eigenvalue weighted by Crippen LogP contribution is 2.28. The first-order chi connectivity index (χ1) is 21.3. The quantitative estimate of drug-likeness (QED) is 0.0970. The molecule has 2 aromatic rings. The lowest BCUT2D eigenvalue weighted by Gasteiger charge is -2.33. The van der Waals surface area contributed by atoms with Gasteiger partial charge in [-0.1, -0.05) is 87.8 Å². The molecule has 1 aromatic carbocycles. The largest absolute Gasteiger partial charge is 0.499 e. The van der Waals surface area contributed by atoms with Gasteiger partial charge >= 0.3 is 0 Å². The summed E-state index contributed by atoms with van der Waals surface area (Å²) in [4.78, 5) is 20.4. The van der Waals surface area contributed by atoms with Gasteiger partial charge in [0.15, 0.2) is 5.82 Å². The molecule has 0 unspecified atom stereocenters. The molecule has 0 saturated heterocycles. The molecule has 0 bridgehead atoms. The fourth-order valence-electron chi connectivity index (χ4n) is 4.22. The summed E-state index contributed by atoms with van der Waals surface area (Å²) in [6.07, 6.45) is 9.28. The van der Waals surface area contributed by atoms with Gasteiger partial charge in [-0.25, -0.2) is 0 Å². The summed E-state index contributed by atoms with van der Waals surface area (Å²) in [6.45, 7) is 27.1. The van der Waals surface area contributed by atoms with Gasteiger partial charge in [0, 0.05) is 43.1 Å². The summed E-state index contributed by atoms with van der Waals surface area (Å²) < 4.78 is 14.7. The molecule has 7 nitrogen and oxygen atoms in total. The van der Waals surface area contributed by atoms with E-state index in [1.165, 1.54) is 0 Å². The van der Waals surface area contributed by atoms with Crippen molar-refractivity contribution in [3.8, 4) is 0 Å². The monoisotopic (exact) mass is 643 g/mol. The number of aromatic nitrogens is 2. The number of methoxy groups -OCH3 is 2. The van der Waals surface area contributed by atoms with Crippen LogP contribution in [0.15, 0.2) is 77.6 Å². The molecule has 0 radical (unpaired) electrons. The molecule has 1 heterocycles. The summed E-state index contributed by atoms with van der Waals surface area (Å²) in [5, 5.41) is 4.78. The Labute approximate surface area is 278 Å². The van der Waals surface area contributed by atoms with E-state index >= 15 is 0 Å². The highest BCUT2D eigenvalue weighted by Gasteiger charge is 2.28. The first-order valence-electron chi connectivity index (χ1n) is 15.8. The zero-order chi connectivity index (χ0) is 34.4. The molecule has 2 rings (SSSR count). The predicted molar refractivity (Wildman–Crippen MR) is 190 cm³/mol. The molecule has 1 aromatic heterocycles. The van der Waals surface area contributed by atoms with Crippen molar-refractivity contribution in [3.05, 3.63) is 89.8 Å². The maximum absolute atomic E-state index is 14.0. The Bertz CT molecular complexity index is 1180. The average molecular weight is 644 g/mol. The van der Waals surface area contributed by atoms with E-state index in [1.54, 1.807) is 14.2 Å². The van der Waals surface area contributed by atoms with Crippen LogP contribution >= 0.6 is 11.6 Å². The van der Waals surface area contributed by atoms with Gasteiger partial charge in [0.1, 0.15) is 12.4 Å². The summed E-state index contributed by atoms with van der Waals surface area (Å²) in [5.74, 6) is 1.99. The second-order valence-corrected chi connectivity index (χ2v) is 12.4. The molecule has 45 heavy (non-hydrogen) atoms. The third kappa shape index (κ3) is 19.1. The maximum atomic E-state index is 14.0. The number of hydrogen-bond acceptors (Lipinski definition) is 6. The molecule has 252 valence electrons. The highest BCUT2D eigenvalue weighted by molar-refractivity contribution is 6.30. The molecule has 0 fully saturated rings. The lowest BCUT2D eigenvalue weighted by atomic mass is 9.90. The SMILES string of the molecule is C=C(C)CCc1nc(CCC[C@@H](CCC(=C)/C=C\C)C(=O)N(CC(C)(C)C)c2ccc(Cl)cc2)no1.C=C(COC)OC.CC. The Kier molecular flexibility index (Phi) is 21.6. The third-order valence-corrected chi connectivity index (χ3v) is 6.68. The first-order valence-corrected chi connectivity index (χ1v) is 16.2. The van der Waals surface area contributed by atoms with E-state index in [4.69, 9.17) is 16.1 Å². The molecular weight excluding hydrogens is 586 g/mol. The zero-order valence-corrected chi connectivity index (χ0v) is 30.1. The number of rotatable bonds is 17. The lowest BCUT2D eigenvalue weighted by molar-refractivity contribution is -0.123. The van der Waals surface area contributed by atoms with Crippen LogP contribution < -0.4 is 4.90 Å². The van der Waals surface area contributed by atoms with Gasteiger partial charge in [0.05, 0.1) is 7.11 Å². The Morgan fingerprint density at radius 2 is 1.71 bits per heavy atom. The van der Waals surface area contributed by atoms with Gasteiger partial charge in [0.2, 0.25) is 11.8 Å². The Morgan fingerprint density at radius 1 is 1.07 bits per heavy atom. The van der Waals surface area contributed by atoms with Crippen LogP contribution in [0, 0.1) is 11.3 Å². The number of anilines is 1. The number of hydrogen-bond donors (Lipinski definition) is 0. The summed E-state index contributed by atoms with van der Waals surface area (Å²) in [7, 11) is 3.17. The Morgan fingerprint density at radius 3 is 2.22 bits per heavy atom. The topological polar surface area (TPSA) is 77.7 Å². The molecule has 0 saturated carbocycles. The van der Waals surface area contributed by atoms with Crippen LogP contribution in [0.2, 0.25) is 5.02 Å². The fraction of sp³-hybridized carbons (Fsp3) is 0.541. The molecule has 0 aliphatic heterocycles. The first kappa shape index (κ1) is 41.8. The number of allylic oxidation sites excluding steroid dienone is 4. The van der Waals surface area contributed by atoms with Crippen LogP contribution in [-0.4, -0.2) is 43.4 Å². The van der Waals surface area contributed by atoms with Gasteiger partial charge < -0.3 is 18.9 Å². The summed E-state index contributed by atoms with van der Waals surface area (Å²) in [6, 6.07) is 7.52. The minimum Gasteiger partial charge on any atom is -0.499 e. The van der Waals surface area contributed by atoms with E-state index in [0.29, 0.717) is 48.5 Å². The van der Waals surface area contributed by atoms with Crippen molar-refractivity contribution < 1.29 is 18.8 Å². The number of ether oxygens (including phenoxy) is 2. The maximum Gasteiger partial charge on any atom is 0.230 e. The van der Waals surface area contributed by atoms with Crippen LogP contribution in [-0.2, 0) is 27.1 Å². The summed E-state index contributed by atoms with van der Waals surface area (Å²) in [5.41, 5.74) is 2.94. The Hall–Kier alpha value is -3.16. The average Bonchev–Trinajstić information content (AvgIpc) is 3.45. The van der Waals surface area contributed by atoms with E-state index in [1.807, 2.05) is 69.0 Å². The van der Waals surface area contributed by atoms with E-state index in [-0.39, 0.29) is 17.2 Å². The number of benzene rings is 1. The molecule has 0 aliphatic carbocycles. The number of halogens is 1. The minimum absolute atomic E-state index is 0.0563. The lowest BCUT2D eigenvalue weighted by Crippen LogP contribution is -2.41. The van der Waals surface area contributed by atoms with Crippen LogP contribution in [0.1, 0.15) is 92.3 Å². The molecule has 1 atom stereocenters. The highest BCUT2D eigenvalue weighted by atomic mass is 35.5. The Balaban J connectivity index is 0.00000189. The number of nitrogens with zero attached hydrogens (tertiary/aromatic N) is 3. The van der Waals surface area contributed by atoms with Crippen molar-refractivity contribution in [2.75, 3.05) is 32.3 Å². The van der Waals surface area contributed by atoms with Crippen LogP contribution in [0.25, 0.3) is 0 Å². The van der Waals surface area contributed by atoms with Crippen molar-refractivity contribution >= 4 is 23.2 Å². The predicted octanol–water partition coefficient (Wildman–Crippen LogP) is 9.98. The molecule has 0 N–H and O–H groups in total. The van der Waals surface area contributed by atoms with E-state index in [2.05, 4.69) is 60.1 Å². The number of amides is 1. The molecular formula is C37H58ClN3O4. The van der Waals surface area contributed by atoms with Gasteiger partial charge in [-0.15, -0.1) is 6.58 Å². The number of aryl methyl sites for hydroxylation is 2. The smallest absolute Gasteiger partial charge is 0.230 e. The van der Waals surface area contributed by atoms with Crippen molar-refractivity contribution in [1.29, 1.82) is 0 Å². The molecule has 0 aliphatic rings. The second kappa shape index (κ2) is 23.2. The number of carbonyl (C=O) groups excluding carboxylic acids is 1. The molecule has 8 heteroatoms. The van der Waals surface area contributed by atoms with Crippen molar-refractivity contribution in [2.24, 2.45) is 11.3 Å². The van der Waals surface area contributed by atoms with Gasteiger partial charge in [-0.2, -0.15) is 4.98 Å².